The number of thiazole rings is 1. The zero-order chi connectivity index (χ0) is 6.85. The van der Waals surface area contributed by atoms with E-state index in [9.17, 15) is 9.90 Å². The van der Waals surface area contributed by atoms with Crippen molar-refractivity contribution in [3.05, 3.63) is 15.5 Å². The van der Waals surface area contributed by atoms with Gasteiger partial charge in [-0.2, -0.15) is 0 Å². The van der Waals surface area contributed by atoms with E-state index >= 15 is 0 Å². The van der Waals surface area contributed by atoms with Crippen LogP contribution in [-0.4, -0.2) is 11.0 Å². The van der Waals surface area contributed by atoms with Gasteiger partial charge in [-0.25, -0.2) is 4.98 Å². The van der Waals surface area contributed by atoms with Gasteiger partial charge in [0.15, 0.2) is 4.47 Å². The van der Waals surface area contributed by atoms with E-state index < -0.39 is 5.97 Å². The number of aromatic nitrogens is 1. The second-order valence-electron chi connectivity index (χ2n) is 1.27. The van der Waals surface area contributed by atoms with Crippen LogP contribution in [0.2, 0.25) is 4.47 Å². The van der Waals surface area contributed by atoms with Crippen molar-refractivity contribution >= 4 is 28.9 Å². The minimum atomic E-state index is -1.29. The van der Waals surface area contributed by atoms with Crippen molar-refractivity contribution in [2.75, 3.05) is 0 Å². The molecule has 5 heteroatoms. The van der Waals surface area contributed by atoms with Crippen LogP contribution in [0.25, 0.3) is 0 Å². The molecule has 3 nitrogen and oxygen atoms in total. The third-order valence-corrected chi connectivity index (χ3v) is 1.66. The lowest BCUT2D eigenvalue weighted by molar-refractivity contribution is -0.255. The van der Waals surface area contributed by atoms with Crippen LogP contribution in [0, 0.1) is 0 Å². The molecule has 0 saturated heterocycles. The number of nitrogens with zero attached hydrogens (tertiary/aromatic N) is 1. The summed E-state index contributed by atoms with van der Waals surface area (Å²) < 4.78 is 0.217. The maximum atomic E-state index is 9.99. The number of carboxylic acids is 1. The molecule has 1 aromatic rings. The van der Waals surface area contributed by atoms with E-state index in [-0.39, 0.29) is 10.2 Å². The third-order valence-electron chi connectivity index (χ3n) is 0.685. The molecule has 0 amide bonds. The number of carbonyl (C=O) groups excluding carboxylic acids is 1. The molecule has 0 aliphatic carbocycles. The quantitative estimate of drug-likeness (QED) is 0.591. The van der Waals surface area contributed by atoms with Crippen LogP contribution in [0.15, 0.2) is 5.38 Å². The van der Waals surface area contributed by atoms with Crippen molar-refractivity contribution in [1.29, 1.82) is 0 Å². The molecule has 1 heterocycles. The molecule has 0 bridgehead atoms. The van der Waals surface area contributed by atoms with Gasteiger partial charge in [0.2, 0.25) is 0 Å². The van der Waals surface area contributed by atoms with Crippen molar-refractivity contribution < 1.29 is 9.90 Å². The smallest absolute Gasteiger partial charge is 0.184 e. The molecule has 0 saturated carbocycles. The van der Waals surface area contributed by atoms with Crippen molar-refractivity contribution in [3.8, 4) is 0 Å². The molecule has 0 aliphatic rings. The van der Waals surface area contributed by atoms with Crippen LogP contribution < -0.4 is 5.11 Å². The van der Waals surface area contributed by atoms with E-state index in [0.29, 0.717) is 0 Å². The van der Waals surface area contributed by atoms with E-state index in [1.54, 1.807) is 0 Å². The Balaban J connectivity index is 2.98. The fourth-order valence-corrected chi connectivity index (χ4v) is 1.08. The summed E-state index contributed by atoms with van der Waals surface area (Å²) in [7, 11) is 0. The van der Waals surface area contributed by atoms with Crippen LogP contribution in [0.5, 0.6) is 0 Å². The highest BCUT2D eigenvalue weighted by molar-refractivity contribution is 7.14. The third kappa shape index (κ3) is 1.40. The topological polar surface area (TPSA) is 53.0 Å². The Kier molecular flexibility index (Phi) is 1.68. The van der Waals surface area contributed by atoms with Gasteiger partial charge in [0.1, 0.15) is 0 Å². The highest BCUT2D eigenvalue weighted by Crippen LogP contribution is 2.13. The van der Waals surface area contributed by atoms with Crippen molar-refractivity contribution in [1.82, 2.24) is 4.98 Å². The molecule has 0 aliphatic heterocycles. The van der Waals surface area contributed by atoms with E-state index in [1.165, 1.54) is 5.38 Å². The molecule has 0 radical (unpaired) electrons. The molecule has 0 N–H and O–H groups in total. The van der Waals surface area contributed by atoms with Crippen LogP contribution in [-0.2, 0) is 0 Å². The largest absolute Gasteiger partial charge is 0.543 e. The zero-order valence-electron chi connectivity index (χ0n) is 4.13. The minimum Gasteiger partial charge on any atom is -0.543 e. The monoisotopic (exact) mass is 162 g/mol. The first-order chi connectivity index (χ1) is 4.20. The van der Waals surface area contributed by atoms with Gasteiger partial charge in [-0.1, -0.05) is 11.6 Å². The van der Waals surface area contributed by atoms with Gasteiger partial charge >= 0.3 is 0 Å². The zero-order valence-corrected chi connectivity index (χ0v) is 5.70. The molecule has 0 spiro atoms. The molecular weight excluding hydrogens is 162 g/mol. The number of hydrogen-bond acceptors (Lipinski definition) is 4. The first-order valence-electron chi connectivity index (χ1n) is 2.02. The summed E-state index contributed by atoms with van der Waals surface area (Å²) in [6.45, 7) is 0. The average molecular weight is 163 g/mol. The van der Waals surface area contributed by atoms with Gasteiger partial charge in [0.25, 0.3) is 0 Å². The summed E-state index contributed by atoms with van der Waals surface area (Å²) in [4.78, 5) is 13.4. The Hall–Kier alpha value is -0.610. The number of carbonyl (C=O) groups is 1. The summed E-state index contributed by atoms with van der Waals surface area (Å²) >= 11 is 6.39. The predicted molar refractivity (Wildman–Crippen MR) is 31.5 cm³/mol. The van der Waals surface area contributed by atoms with Crippen LogP contribution in [0.3, 0.4) is 0 Å². The van der Waals surface area contributed by atoms with Crippen LogP contribution in [0.1, 0.15) is 10.5 Å². The first kappa shape index (κ1) is 6.51. The normalized spacial score (nSPS) is 9.44. The lowest BCUT2D eigenvalue weighted by atomic mass is 10.5. The number of halogens is 1. The van der Waals surface area contributed by atoms with Crippen molar-refractivity contribution in [3.63, 3.8) is 0 Å². The van der Waals surface area contributed by atoms with Gasteiger partial charge in [0.05, 0.1) is 11.7 Å². The van der Waals surface area contributed by atoms with Crippen molar-refractivity contribution in [2.24, 2.45) is 0 Å². The highest BCUT2D eigenvalue weighted by atomic mass is 35.5. The Morgan fingerprint density at radius 1 is 1.89 bits per heavy atom. The van der Waals surface area contributed by atoms with Gasteiger partial charge in [-0.05, 0) is 0 Å². The lowest BCUT2D eigenvalue weighted by Gasteiger charge is -1.90. The Labute approximate surface area is 59.9 Å². The van der Waals surface area contributed by atoms with Crippen LogP contribution in [0.4, 0.5) is 0 Å². The van der Waals surface area contributed by atoms with Gasteiger partial charge < -0.3 is 9.90 Å². The SMILES string of the molecule is O=C([O-])c1csc(Cl)n1. The second-order valence-corrected chi connectivity index (χ2v) is 2.71. The summed E-state index contributed by atoms with van der Waals surface area (Å²) in [6.07, 6.45) is 0. The van der Waals surface area contributed by atoms with E-state index in [0.717, 1.165) is 11.3 Å². The standard InChI is InChI=1S/C4H2ClNO2S/c5-4-6-2(1-9-4)3(7)8/h1H,(H,7,8)/p-1. The van der Waals surface area contributed by atoms with E-state index in [1.807, 2.05) is 0 Å². The highest BCUT2D eigenvalue weighted by Gasteiger charge is 1.97. The van der Waals surface area contributed by atoms with E-state index in [2.05, 4.69) is 4.98 Å². The average Bonchev–Trinajstić information content (AvgIpc) is 2.14. The Bertz CT molecular complexity index is 234. The predicted octanol–water partition coefficient (Wildman–Crippen LogP) is 0.160. The second kappa shape index (κ2) is 2.33. The number of carboxylic acid groups (broad SMARTS) is 1. The number of aromatic carboxylic acids is 1. The van der Waals surface area contributed by atoms with Gasteiger partial charge in [0, 0.05) is 5.38 Å². The maximum absolute atomic E-state index is 9.99. The first-order valence-corrected chi connectivity index (χ1v) is 3.28. The molecule has 0 unspecified atom stereocenters. The lowest BCUT2D eigenvalue weighted by Crippen LogP contribution is -2.22. The summed E-state index contributed by atoms with van der Waals surface area (Å²) in [5.41, 5.74) is -0.106. The van der Waals surface area contributed by atoms with Crippen molar-refractivity contribution in [2.45, 2.75) is 0 Å². The van der Waals surface area contributed by atoms with E-state index in [4.69, 9.17) is 11.6 Å². The molecule has 1 rings (SSSR count). The fourth-order valence-electron chi connectivity index (χ4n) is 0.346. The summed E-state index contributed by atoms with van der Waals surface area (Å²) in [5, 5.41) is 11.3. The number of rotatable bonds is 1. The van der Waals surface area contributed by atoms with Gasteiger partial charge in [-0.3, -0.25) is 0 Å². The molecule has 48 valence electrons. The molecule has 0 aromatic carbocycles. The summed E-state index contributed by atoms with van der Waals surface area (Å²) in [5.74, 6) is -1.29. The Morgan fingerprint density at radius 3 is 2.78 bits per heavy atom. The van der Waals surface area contributed by atoms with Gasteiger partial charge in [-0.15, -0.1) is 11.3 Å². The molecule has 1 aromatic heterocycles. The fraction of sp³-hybridized carbons (Fsp3) is 0. The van der Waals surface area contributed by atoms with Crippen LogP contribution >= 0.6 is 22.9 Å². The maximum Gasteiger partial charge on any atom is 0.184 e. The number of hydrogen-bond donors (Lipinski definition) is 0. The summed E-state index contributed by atoms with van der Waals surface area (Å²) in [6, 6.07) is 0. The molecule has 0 atom stereocenters. The Morgan fingerprint density at radius 2 is 2.56 bits per heavy atom. The molecular formula is C4HClNO2S-. The minimum absolute atomic E-state index is 0.106. The molecule has 9 heavy (non-hydrogen) atoms. The molecule has 0 fully saturated rings.